The maximum atomic E-state index is 4.98. The highest BCUT2D eigenvalue weighted by molar-refractivity contribution is 5.41. The highest BCUT2D eigenvalue weighted by Gasteiger charge is 1.95. The Labute approximate surface area is 91.3 Å². The van der Waals surface area contributed by atoms with Crippen molar-refractivity contribution in [3.63, 3.8) is 0 Å². The molecule has 1 aromatic rings. The lowest BCUT2D eigenvalue weighted by atomic mass is 10.3. The molecule has 0 aliphatic rings. The van der Waals surface area contributed by atoms with Gasteiger partial charge in [0, 0.05) is 12.6 Å². The van der Waals surface area contributed by atoms with Crippen LogP contribution in [0.25, 0.3) is 0 Å². The van der Waals surface area contributed by atoms with Gasteiger partial charge in [-0.15, -0.1) is 0 Å². The average Bonchev–Trinajstić information content (AvgIpc) is 2.25. The Morgan fingerprint density at radius 3 is 2.73 bits per heavy atom. The van der Waals surface area contributed by atoms with E-state index in [1.54, 1.807) is 13.3 Å². The summed E-state index contributed by atoms with van der Waals surface area (Å²) in [4.78, 5) is 6.29. The fraction of sp³-hybridized carbons (Fsp3) is 0.545. The minimum Gasteiger partial charge on any atom is -0.481 e. The van der Waals surface area contributed by atoms with E-state index >= 15 is 0 Å². The number of hydrogen-bond acceptors (Lipinski definition) is 4. The Morgan fingerprint density at radius 2 is 2.20 bits per heavy atom. The molecule has 0 radical (unpaired) electrons. The molecular weight excluding hydrogens is 190 g/mol. The van der Waals surface area contributed by atoms with Crippen LogP contribution in [0, 0.1) is 0 Å². The zero-order valence-corrected chi connectivity index (χ0v) is 9.66. The summed E-state index contributed by atoms with van der Waals surface area (Å²) in [7, 11) is 5.77. The first-order valence-electron chi connectivity index (χ1n) is 5.11. The third-order valence-electron chi connectivity index (χ3n) is 2.06. The quantitative estimate of drug-likeness (QED) is 0.720. The second-order valence-corrected chi connectivity index (χ2v) is 3.67. The van der Waals surface area contributed by atoms with E-state index in [1.165, 1.54) is 0 Å². The van der Waals surface area contributed by atoms with Crippen LogP contribution in [0.5, 0.6) is 5.88 Å². The first-order chi connectivity index (χ1) is 7.22. The number of methoxy groups -OCH3 is 1. The Hall–Kier alpha value is -1.29. The zero-order valence-electron chi connectivity index (χ0n) is 9.66. The highest BCUT2D eigenvalue weighted by Crippen LogP contribution is 2.10. The molecule has 0 bridgehead atoms. The van der Waals surface area contributed by atoms with Crippen molar-refractivity contribution in [2.75, 3.05) is 39.6 Å². The van der Waals surface area contributed by atoms with E-state index < -0.39 is 0 Å². The number of anilines is 1. The van der Waals surface area contributed by atoms with Crippen LogP contribution >= 0.6 is 0 Å². The van der Waals surface area contributed by atoms with Crippen molar-refractivity contribution in [1.82, 2.24) is 9.88 Å². The van der Waals surface area contributed by atoms with Gasteiger partial charge in [0.25, 0.3) is 0 Å². The van der Waals surface area contributed by atoms with Crippen molar-refractivity contribution in [3.8, 4) is 5.88 Å². The molecule has 1 N–H and O–H groups in total. The van der Waals surface area contributed by atoms with Gasteiger partial charge in [0.2, 0.25) is 5.88 Å². The predicted octanol–water partition coefficient (Wildman–Crippen LogP) is 1.45. The first-order valence-corrected chi connectivity index (χ1v) is 5.11. The van der Waals surface area contributed by atoms with E-state index in [9.17, 15) is 0 Å². The molecule has 0 fully saturated rings. The summed E-state index contributed by atoms with van der Waals surface area (Å²) < 4.78 is 4.98. The molecule has 0 saturated heterocycles. The Kier molecular flexibility index (Phi) is 4.90. The normalized spacial score (nSPS) is 10.4. The van der Waals surface area contributed by atoms with Crippen LogP contribution in [0.1, 0.15) is 6.42 Å². The number of aromatic nitrogens is 1. The minimum absolute atomic E-state index is 0.647. The van der Waals surface area contributed by atoms with Gasteiger partial charge < -0.3 is 15.0 Å². The maximum Gasteiger partial charge on any atom is 0.213 e. The lowest BCUT2D eigenvalue weighted by Gasteiger charge is -2.10. The number of rotatable bonds is 6. The van der Waals surface area contributed by atoms with Gasteiger partial charge >= 0.3 is 0 Å². The third kappa shape index (κ3) is 4.65. The monoisotopic (exact) mass is 209 g/mol. The van der Waals surface area contributed by atoms with Crippen LogP contribution in [0.4, 0.5) is 5.69 Å². The average molecular weight is 209 g/mol. The first kappa shape index (κ1) is 11.8. The molecule has 4 heteroatoms. The molecule has 0 saturated carbocycles. The van der Waals surface area contributed by atoms with Gasteiger partial charge in [-0.05, 0) is 33.1 Å². The molecule has 1 aromatic heterocycles. The molecule has 1 heterocycles. The van der Waals surface area contributed by atoms with Crippen LogP contribution in [0.2, 0.25) is 0 Å². The molecular formula is C11H19N3O. The SMILES string of the molecule is COc1ccc(NCCCN(C)C)cn1. The summed E-state index contributed by atoms with van der Waals surface area (Å²) in [6.45, 7) is 2.06. The van der Waals surface area contributed by atoms with Gasteiger partial charge in [0.05, 0.1) is 19.0 Å². The molecule has 0 aliphatic heterocycles. The molecule has 0 aliphatic carbocycles. The van der Waals surface area contributed by atoms with Gasteiger partial charge in [-0.3, -0.25) is 0 Å². The van der Waals surface area contributed by atoms with Crippen LogP contribution in [0.3, 0.4) is 0 Å². The summed E-state index contributed by atoms with van der Waals surface area (Å²) in [6, 6.07) is 3.83. The van der Waals surface area contributed by atoms with Crippen molar-refractivity contribution in [3.05, 3.63) is 18.3 Å². The highest BCUT2D eigenvalue weighted by atomic mass is 16.5. The van der Waals surface area contributed by atoms with E-state index in [4.69, 9.17) is 4.74 Å². The summed E-state index contributed by atoms with van der Waals surface area (Å²) in [5.74, 6) is 0.647. The van der Waals surface area contributed by atoms with Gasteiger partial charge in [-0.1, -0.05) is 0 Å². The Balaban J connectivity index is 2.25. The van der Waals surface area contributed by atoms with Crippen LogP contribution in [-0.4, -0.2) is 44.2 Å². The molecule has 0 amide bonds. The van der Waals surface area contributed by atoms with E-state index in [1.807, 2.05) is 12.1 Å². The summed E-state index contributed by atoms with van der Waals surface area (Å²) in [5, 5.41) is 3.31. The summed E-state index contributed by atoms with van der Waals surface area (Å²) >= 11 is 0. The fourth-order valence-electron chi connectivity index (χ4n) is 1.23. The maximum absolute atomic E-state index is 4.98. The Bertz CT molecular complexity index is 272. The standard InChI is InChI=1S/C11H19N3O/c1-14(2)8-4-7-12-10-5-6-11(15-3)13-9-10/h5-6,9,12H,4,7-8H2,1-3H3. The van der Waals surface area contributed by atoms with E-state index in [0.717, 1.165) is 25.2 Å². The predicted molar refractivity (Wildman–Crippen MR) is 62.4 cm³/mol. The van der Waals surface area contributed by atoms with Gasteiger partial charge in [0.1, 0.15) is 0 Å². The van der Waals surface area contributed by atoms with E-state index in [-0.39, 0.29) is 0 Å². The zero-order chi connectivity index (χ0) is 11.1. The van der Waals surface area contributed by atoms with E-state index in [0.29, 0.717) is 5.88 Å². The molecule has 4 nitrogen and oxygen atoms in total. The van der Waals surface area contributed by atoms with Crippen LogP contribution in [0.15, 0.2) is 18.3 Å². The number of nitrogens with one attached hydrogen (secondary N) is 1. The summed E-state index contributed by atoms with van der Waals surface area (Å²) in [5.41, 5.74) is 1.04. The molecule has 1 rings (SSSR count). The molecule has 0 spiro atoms. The fourth-order valence-corrected chi connectivity index (χ4v) is 1.23. The van der Waals surface area contributed by atoms with Crippen molar-refractivity contribution in [2.45, 2.75) is 6.42 Å². The summed E-state index contributed by atoms with van der Waals surface area (Å²) in [6.07, 6.45) is 2.91. The second-order valence-electron chi connectivity index (χ2n) is 3.67. The number of hydrogen-bond donors (Lipinski definition) is 1. The lowest BCUT2D eigenvalue weighted by Crippen LogP contribution is -2.16. The third-order valence-corrected chi connectivity index (χ3v) is 2.06. The smallest absolute Gasteiger partial charge is 0.213 e. The molecule has 0 unspecified atom stereocenters. The van der Waals surface area contributed by atoms with Gasteiger partial charge in [-0.25, -0.2) is 4.98 Å². The van der Waals surface area contributed by atoms with Crippen LogP contribution < -0.4 is 10.1 Å². The number of nitrogens with zero attached hydrogens (tertiary/aromatic N) is 2. The minimum atomic E-state index is 0.647. The largest absolute Gasteiger partial charge is 0.481 e. The van der Waals surface area contributed by atoms with Crippen molar-refractivity contribution < 1.29 is 4.74 Å². The molecule has 84 valence electrons. The number of pyridine rings is 1. The number of ether oxygens (including phenoxy) is 1. The van der Waals surface area contributed by atoms with Crippen LogP contribution in [-0.2, 0) is 0 Å². The molecule has 15 heavy (non-hydrogen) atoms. The molecule has 0 aromatic carbocycles. The van der Waals surface area contributed by atoms with Crippen molar-refractivity contribution in [1.29, 1.82) is 0 Å². The van der Waals surface area contributed by atoms with Crippen molar-refractivity contribution in [2.24, 2.45) is 0 Å². The lowest BCUT2D eigenvalue weighted by molar-refractivity contribution is 0.398. The van der Waals surface area contributed by atoms with Gasteiger partial charge in [0.15, 0.2) is 0 Å². The van der Waals surface area contributed by atoms with Gasteiger partial charge in [-0.2, -0.15) is 0 Å². The second kappa shape index (κ2) is 6.24. The van der Waals surface area contributed by atoms with E-state index in [2.05, 4.69) is 29.3 Å². The Morgan fingerprint density at radius 1 is 1.40 bits per heavy atom. The van der Waals surface area contributed by atoms with Crippen molar-refractivity contribution >= 4 is 5.69 Å². The topological polar surface area (TPSA) is 37.4 Å². The molecule has 0 atom stereocenters.